The predicted octanol–water partition coefficient (Wildman–Crippen LogP) is 2.50. The lowest BCUT2D eigenvalue weighted by molar-refractivity contribution is -0.122. The van der Waals surface area contributed by atoms with E-state index >= 15 is 0 Å². The van der Waals surface area contributed by atoms with E-state index in [4.69, 9.17) is 5.73 Å². The smallest absolute Gasteiger partial charge is 0.234 e. The van der Waals surface area contributed by atoms with Crippen LogP contribution in [0.3, 0.4) is 0 Å². The summed E-state index contributed by atoms with van der Waals surface area (Å²) in [5.41, 5.74) is 9.04. The monoisotopic (exact) mass is 403 g/mol. The molecule has 3 aromatic rings. The van der Waals surface area contributed by atoms with Gasteiger partial charge in [0.15, 0.2) is 0 Å². The van der Waals surface area contributed by atoms with Crippen molar-refractivity contribution in [1.29, 1.82) is 0 Å². The second-order valence-electron chi connectivity index (χ2n) is 7.54. The Bertz CT molecular complexity index is 1030. The summed E-state index contributed by atoms with van der Waals surface area (Å²) in [7, 11) is 0. The number of nitrogens with one attached hydrogen (secondary N) is 1. The number of hydrogen-bond acceptors (Lipinski definition) is 4. The van der Waals surface area contributed by atoms with Crippen molar-refractivity contribution in [3.05, 3.63) is 78.1 Å². The van der Waals surface area contributed by atoms with E-state index in [1.807, 2.05) is 60.8 Å². The fourth-order valence-corrected chi connectivity index (χ4v) is 3.89. The lowest BCUT2D eigenvalue weighted by Gasteiger charge is -2.23. The van der Waals surface area contributed by atoms with Crippen LogP contribution in [0.15, 0.2) is 67.0 Å². The highest BCUT2D eigenvalue weighted by Gasteiger charge is 2.29. The number of carbonyl (C=O) groups excluding carboxylic acids is 2. The van der Waals surface area contributed by atoms with E-state index < -0.39 is 0 Å². The molecule has 1 saturated heterocycles. The Morgan fingerprint density at radius 1 is 1.10 bits per heavy atom. The third-order valence-corrected chi connectivity index (χ3v) is 5.38. The first-order valence-corrected chi connectivity index (χ1v) is 10.1. The van der Waals surface area contributed by atoms with Crippen LogP contribution in [0, 0.1) is 0 Å². The molecule has 0 radical (unpaired) electrons. The Kier molecular flexibility index (Phi) is 5.90. The van der Waals surface area contributed by atoms with Crippen LogP contribution in [0.2, 0.25) is 0 Å². The molecule has 1 aliphatic rings. The predicted molar refractivity (Wildman–Crippen MR) is 115 cm³/mol. The number of amides is 2. The van der Waals surface area contributed by atoms with Crippen LogP contribution >= 0.6 is 0 Å². The van der Waals surface area contributed by atoms with Crippen molar-refractivity contribution >= 4 is 17.5 Å². The van der Waals surface area contributed by atoms with E-state index in [2.05, 4.69) is 15.3 Å². The quantitative estimate of drug-likeness (QED) is 0.634. The zero-order valence-corrected chi connectivity index (χ0v) is 16.7. The molecule has 1 fully saturated rings. The van der Waals surface area contributed by atoms with Gasteiger partial charge in [0.1, 0.15) is 0 Å². The fourth-order valence-electron chi connectivity index (χ4n) is 3.89. The molecule has 1 aliphatic heterocycles. The molecule has 0 spiro atoms. The second kappa shape index (κ2) is 8.92. The van der Waals surface area contributed by atoms with Crippen molar-refractivity contribution in [2.45, 2.75) is 31.8 Å². The SMILES string of the molecule is NC(=O)C1CCCN1Cc1ccccc1NC(=O)Cc1cnn(-c2ccccc2)c1. The number of hydrogen-bond donors (Lipinski definition) is 2. The van der Waals surface area contributed by atoms with Crippen LogP contribution in [0.5, 0.6) is 0 Å². The van der Waals surface area contributed by atoms with Gasteiger partial charge < -0.3 is 11.1 Å². The summed E-state index contributed by atoms with van der Waals surface area (Å²) < 4.78 is 1.76. The van der Waals surface area contributed by atoms with Gasteiger partial charge >= 0.3 is 0 Å². The molecule has 7 heteroatoms. The highest BCUT2D eigenvalue weighted by atomic mass is 16.2. The number of para-hydroxylation sites is 2. The first-order chi connectivity index (χ1) is 14.6. The maximum atomic E-state index is 12.7. The number of likely N-dealkylation sites (tertiary alicyclic amines) is 1. The molecule has 7 nitrogen and oxygen atoms in total. The number of rotatable bonds is 7. The molecular weight excluding hydrogens is 378 g/mol. The molecule has 2 heterocycles. The molecule has 0 saturated carbocycles. The first kappa shape index (κ1) is 19.8. The summed E-state index contributed by atoms with van der Waals surface area (Å²) in [6.07, 6.45) is 5.54. The molecule has 0 aliphatic carbocycles. The highest BCUT2D eigenvalue weighted by molar-refractivity contribution is 5.93. The van der Waals surface area contributed by atoms with E-state index in [0.29, 0.717) is 6.54 Å². The normalized spacial score (nSPS) is 16.5. The maximum absolute atomic E-state index is 12.7. The number of nitrogens with two attached hydrogens (primary N) is 1. The van der Waals surface area contributed by atoms with Gasteiger partial charge in [0, 0.05) is 18.4 Å². The molecule has 4 rings (SSSR count). The van der Waals surface area contributed by atoms with Crippen molar-refractivity contribution in [2.75, 3.05) is 11.9 Å². The van der Waals surface area contributed by atoms with Crippen LogP contribution in [0.1, 0.15) is 24.0 Å². The summed E-state index contributed by atoms with van der Waals surface area (Å²) >= 11 is 0. The Balaban J connectivity index is 1.42. The molecule has 3 N–H and O–H groups in total. The van der Waals surface area contributed by atoms with Crippen LogP contribution in [-0.4, -0.2) is 39.1 Å². The van der Waals surface area contributed by atoms with Gasteiger partial charge in [0.2, 0.25) is 11.8 Å². The number of carbonyl (C=O) groups is 2. The molecule has 1 aromatic heterocycles. The zero-order chi connectivity index (χ0) is 20.9. The third kappa shape index (κ3) is 4.58. The molecular formula is C23H25N5O2. The van der Waals surface area contributed by atoms with E-state index in [9.17, 15) is 9.59 Å². The van der Waals surface area contributed by atoms with Crippen LogP contribution < -0.4 is 11.1 Å². The molecule has 1 unspecified atom stereocenters. The Morgan fingerprint density at radius 2 is 1.87 bits per heavy atom. The van der Waals surface area contributed by atoms with Gasteiger partial charge in [-0.15, -0.1) is 0 Å². The molecule has 2 aromatic carbocycles. The summed E-state index contributed by atoms with van der Waals surface area (Å²) in [5, 5.41) is 7.35. The average Bonchev–Trinajstić information content (AvgIpc) is 3.40. The van der Waals surface area contributed by atoms with Gasteiger partial charge in [0.05, 0.1) is 24.3 Å². The van der Waals surface area contributed by atoms with Gasteiger partial charge in [-0.3, -0.25) is 14.5 Å². The number of primary amides is 1. The first-order valence-electron chi connectivity index (χ1n) is 10.1. The zero-order valence-electron chi connectivity index (χ0n) is 16.7. The van der Waals surface area contributed by atoms with Crippen molar-refractivity contribution in [1.82, 2.24) is 14.7 Å². The van der Waals surface area contributed by atoms with E-state index in [1.165, 1.54) is 0 Å². The van der Waals surface area contributed by atoms with E-state index in [1.54, 1.807) is 10.9 Å². The summed E-state index contributed by atoms with van der Waals surface area (Å²) in [5.74, 6) is -0.396. The molecule has 1 atom stereocenters. The second-order valence-corrected chi connectivity index (χ2v) is 7.54. The van der Waals surface area contributed by atoms with Gasteiger partial charge in [0.25, 0.3) is 0 Å². The minimum Gasteiger partial charge on any atom is -0.368 e. The summed E-state index contributed by atoms with van der Waals surface area (Å²) in [6.45, 7) is 1.41. The summed E-state index contributed by atoms with van der Waals surface area (Å²) in [6, 6.07) is 17.2. The van der Waals surface area contributed by atoms with Gasteiger partial charge in [-0.05, 0) is 48.7 Å². The number of aromatic nitrogens is 2. The van der Waals surface area contributed by atoms with Gasteiger partial charge in [-0.2, -0.15) is 5.10 Å². The average molecular weight is 403 g/mol. The lowest BCUT2D eigenvalue weighted by Crippen LogP contribution is -2.39. The van der Waals surface area contributed by atoms with Crippen LogP contribution in [0.4, 0.5) is 5.69 Å². The van der Waals surface area contributed by atoms with Crippen LogP contribution in [0.25, 0.3) is 5.69 Å². The van der Waals surface area contributed by atoms with Crippen molar-refractivity contribution in [2.24, 2.45) is 5.73 Å². The van der Waals surface area contributed by atoms with Crippen LogP contribution in [-0.2, 0) is 22.6 Å². The van der Waals surface area contributed by atoms with E-state index in [0.717, 1.165) is 41.9 Å². The molecule has 2 amide bonds. The number of anilines is 1. The molecule has 30 heavy (non-hydrogen) atoms. The summed E-state index contributed by atoms with van der Waals surface area (Å²) in [4.78, 5) is 26.4. The molecule has 0 bridgehead atoms. The van der Waals surface area contributed by atoms with Crippen molar-refractivity contribution < 1.29 is 9.59 Å². The molecule has 154 valence electrons. The van der Waals surface area contributed by atoms with Crippen molar-refractivity contribution in [3.63, 3.8) is 0 Å². The largest absolute Gasteiger partial charge is 0.368 e. The Hall–Kier alpha value is -3.45. The van der Waals surface area contributed by atoms with Gasteiger partial charge in [-0.25, -0.2) is 4.68 Å². The van der Waals surface area contributed by atoms with Gasteiger partial charge in [-0.1, -0.05) is 36.4 Å². The number of benzene rings is 2. The standard InChI is InChI=1S/C23H25N5O2/c24-23(30)21-11-6-12-27(21)16-18-7-4-5-10-20(18)26-22(29)13-17-14-25-28(15-17)19-8-2-1-3-9-19/h1-5,7-10,14-15,21H,6,11-13,16H2,(H2,24,30)(H,26,29). The Morgan fingerprint density at radius 3 is 2.67 bits per heavy atom. The minimum atomic E-state index is -0.288. The lowest BCUT2D eigenvalue weighted by atomic mass is 10.1. The highest BCUT2D eigenvalue weighted by Crippen LogP contribution is 2.24. The Labute approximate surface area is 175 Å². The van der Waals surface area contributed by atoms with E-state index in [-0.39, 0.29) is 24.3 Å². The maximum Gasteiger partial charge on any atom is 0.234 e. The minimum absolute atomic E-state index is 0.108. The number of nitrogens with zero attached hydrogens (tertiary/aromatic N) is 3. The fraction of sp³-hybridized carbons (Fsp3) is 0.261. The topological polar surface area (TPSA) is 93.2 Å². The van der Waals surface area contributed by atoms with Crippen molar-refractivity contribution in [3.8, 4) is 5.69 Å². The third-order valence-electron chi connectivity index (χ3n) is 5.38.